The highest BCUT2D eigenvalue weighted by atomic mass is 19.4. The molecule has 0 saturated heterocycles. The lowest BCUT2D eigenvalue weighted by atomic mass is 10.1. The Bertz CT molecular complexity index is 638. The summed E-state index contributed by atoms with van der Waals surface area (Å²) < 4.78 is 39.5. The average Bonchev–Trinajstić information content (AvgIpc) is 2.85. The molecule has 0 bridgehead atoms. The number of alkyl halides is 3. The highest BCUT2D eigenvalue weighted by molar-refractivity contribution is 5.91. The van der Waals surface area contributed by atoms with Crippen molar-refractivity contribution in [2.45, 2.75) is 19.3 Å². The molecule has 0 saturated carbocycles. The van der Waals surface area contributed by atoms with Gasteiger partial charge < -0.3 is 11.1 Å². The first-order valence-electron chi connectivity index (χ1n) is 5.95. The van der Waals surface area contributed by atoms with Crippen LogP contribution in [-0.4, -0.2) is 20.9 Å². The number of aromatic nitrogens is 3. The number of rotatable bonds is 4. The fourth-order valence-corrected chi connectivity index (χ4v) is 1.69. The lowest BCUT2D eigenvalue weighted by Gasteiger charge is -2.13. The topological polar surface area (TPSA) is 85.8 Å². The Morgan fingerprint density at radius 3 is 2.67 bits per heavy atom. The minimum absolute atomic E-state index is 0.165. The van der Waals surface area contributed by atoms with E-state index in [0.29, 0.717) is 5.69 Å². The SMILES string of the molecule is NCc1cn(CC(=O)Nc2ccccc2C(F)(F)F)nn1. The van der Waals surface area contributed by atoms with Gasteiger partial charge in [-0.25, -0.2) is 4.68 Å². The van der Waals surface area contributed by atoms with Crippen LogP contribution in [0.2, 0.25) is 0 Å². The van der Waals surface area contributed by atoms with E-state index in [1.165, 1.54) is 29.1 Å². The molecule has 0 spiro atoms. The molecule has 1 heterocycles. The van der Waals surface area contributed by atoms with Crippen molar-refractivity contribution in [2.75, 3.05) is 5.32 Å². The van der Waals surface area contributed by atoms with Gasteiger partial charge in [0.15, 0.2) is 0 Å². The van der Waals surface area contributed by atoms with E-state index in [-0.39, 0.29) is 18.8 Å². The van der Waals surface area contributed by atoms with Crippen LogP contribution in [0.1, 0.15) is 11.3 Å². The Labute approximate surface area is 117 Å². The lowest BCUT2D eigenvalue weighted by molar-refractivity contribution is -0.137. The monoisotopic (exact) mass is 299 g/mol. The highest BCUT2D eigenvalue weighted by Crippen LogP contribution is 2.34. The Morgan fingerprint density at radius 1 is 1.33 bits per heavy atom. The molecular weight excluding hydrogens is 287 g/mol. The summed E-state index contributed by atoms with van der Waals surface area (Å²) >= 11 is 0. The summed E-state index contributed by atoms with van der Waals surface area (Å²) in [7, 11) is 0. The van der Waals surface area contributed by atoms with Crippen molar-refractivity contribution in [1.29, 1.82) is 0 Å². The van der Waals surface area contributed by atoms with E-state index in [9.17, 15) is 18.0 Å². The quantitative estimate of drug-likeness (QED) is 0.893. The van der Waals surface area contributed by atoms with Gasteiger partial charge >= 0.3 is 6.18 Å². The number of hydrogen-bond acceptors (Lipinski definition) is 4. The van der Waals surface area contributed by atoms with Gasteiger partial charge in [-0.2, -0.15) is 13.2 Å². The number of nitrogens with zero attached hydrogens (tertiary/aromatic N) is 3. The smallest absolute Gasteiger partial charge is 0.325 e. The molecule has 1 amide bonds. The number of nitrogens with two attached hydrogens (primary N) is 1. The van der Waals surface area contributed by atoms with Crippen molar-refractivity contribution >= 4 is 11.6 Å². The predicted octanol–water partition coefficient (Wildman–Crippen LogP) is 1.39. The van der Waals surface area contributed by atoms with Gasteiger partial charge in [0.25, 0.3) is 0 Å². The van der Waals surface area contributed by atoms with Gasteiger partial charge in [0, 0.05) is 6.54 Å². The maximum Gasteiger partial charge on any atom is 0.418 e. The molecular formula is C12H12F3N5O. The van der Waals surface area contributed by atoms with Crippen LogP contribution in [0.5, 0.6) is 0 Å². The van der Waals surface area contributed by atoms with Gasteiger partial charge in [0.1, 0.15) is 6.54 Å². The molecule has 0 aliphatic heterocycles. The molecule has 9 heteroatoms. The van der Waals surface area contributed by atoms with E-state index in [4.69, 9.17) is 5.73 Å². The molecule has 0 fully saturated rings. The normalized spacial score (nSPS) is 11.4. The van der Waals surface area contributed by atoms with Crippen LogP contribution >= 0.6 is 0 Å². The maximum atomic E-state index is 12.8. The summed E-state index contributed by atoms with van der Waals surface area (Å²) in [4.78, 5) is 11.8. The highest BCUT2D eigenvalue weighted by Gasteiger charge is 2.33. The van der Waals surface area contributed by atoms with Crippen LogP contribution in [0, 0.1) is 0 Å². The Morgan fingerprint density at radius 2 is 2.05 bits per heavy atom. The Balaban J connectivity index is 2.09. The molecule has 1 aromatic carbocycles. The largest absolute Gasteiger partial charge is 0.418 e. The summed E-state index contributed by atoms with van der Waals surface area (Å²) in [6.07, 6.45) is -3.08. The van der Waals surface area contributed by atoms with Gasteiger partial charge in [-0.15, -0.1) is 5.10 Å². The second-order valence-electron chi connectivity index (χ2n) is 4.20. The lowest BCUT2D eigenvalue weighted by Crippen LogP contribution is -2.21. The fraction of sp³-hybridized carbons (Fsp3) is 0.250. The third-order valence-electron chi connectivity index (χ3n) is 2.61. The third kappa shape index (κ3) is 3.78. The average molecular weight is 299 g/mol. The van der Waals surface area contributed by atoms with Gasteiger partial charge in [0.05, 0.1) is 23.1 Å². The van der Waals surface area contributed by atoms with E-state index in [1.807, 2.05) is 0 Å². The van der Waals surface area contributed by atoms with E-state index in [0.717, 1.165) is 6.07 Å². The number of hydrogen-bond donors (Lipinski definition) is 2. The van der Waals surface area contributed by atoms with Gasteiger partial charge in [-0.1, -0.05) is 17.3 Å². The molecule has 1 aromatic heterocycles. The Hall–Kier alpha value is -2.42. The van der Waals surface area contributed by atoms with Crippen molar-refractivity contribution in [3.8, 4) is 0 Å². The standard InChI is InChI=1S/C12H12F3N5O/c13-12(14,15)9-3-1-2-4-10(9)17-11(21)7-20-6-8(5-16)18-19-20/h1-4,6H,5,7,16H2,(H,17,21). The number of benzene rings is 1. The molecule has 112 valence electrons. The van der Waals surface area contributed by atoms with Crippen molar-refractivity contribution in [2.24, 2.45) is 5.73 Å². The zero-order chi connectivity index (χ0) is 15.5. The molecule has 2 rings (SSSR count). The van der Waals surface area contributed by atoms with Crippen molar-refractivity contribution in [3.63, 3.8) is 0 Å². The molecule has 2 aromatic rings. The summed E-state index contributed by atoms with van der Waals surface area (Å²) in [5, 5.41) is 9.54. The molecule has 0 radical (unpaired) electrons. The maximum absolute atomic E-state index is 12.8. The summed E-state index contributed by atoms with van der Waals surface area (Å²) in [6, 6.07) is 4.75. The van der Waals surface area contributed by atoms with E-state index < -0.39 is 17.6 Å². The number of nitrogens with one attached hydrogen (secondary N) is 1. The minimum atomic E-state index is -4.54. The molecule has 0 atom stereocenters. The fourth-order valence-electron chi connectivity index (χ4n) is 1.69. The molecule has 0 aliphatic carbocycles. The number of anilines is 1. The molecule has 0 aliphatic rings. The van der Waals surface area contributed by atoms with Gasteiger partial charge in [-0.3, -0.25) is 4.79 Å². The number of halogens is 3. The van der Waals surface area contributed by atoms with Gasteiger partial charge in [-0.05, 0) is 12.1 Å². The van der Waals surface area contributed by atoms with Gasteiger partial charge in [0.2, 0.25) is 5.91 Å². The van der Waals surface area contributed by atoms with Crippen LogP contribution in [0.3, 0.4) is 0 Å². The van der Waals surface area contributed by atoms with Crippen LogP contribution in [-0.2, 0) is 24.1 Å². The molecule has 3 N–H and O–H groups in total. The first-order chi connectivity index (χ1) is 9.90. The summed E-state index contributed by atoms with van der Waals surface area (Å²) in [5.74, 6) is -0.639. The second-order valence-corrected chi connectivity index (χ2v) is 4.20. The van der Waals surface area contributed by atoms with Crippen LogP contribution < -0.4 is 11.1 Å². The zero-order valence-electron chi connectivity index (χ0n) is 10.8. The van der Waals surface area contributed by atoms with Crippen LogP contribution in [0.4, 0.5) is 18.9 Å². The number of carbonyl (C=O) groups is 1. The first-order valence-corrected chi connectivity index (χ1v) is 5.95. The number of carbonyl (C=O) groups excluding carboxylic acids is 1. The number of amides is 1. The van der Waals surface area contributed by atoms with E-state index >= 15 is 0 Å². The third-order valence-corrected chi connectivity index (χ3v) is 2.61. The van der Waals surface area contributed by atoms with Crippen molar-refractivity contribution in [3.05, 3.63) is 41.7 Å². The Kier molecular flexibility index (Phi) is 4.22. The number of para-hydroxylation sites is 1. The first kappa shape index (κ1) is 15.0. The zero-order valence-corrected chi connectivity index (χ0v) is 10.8. The van der Waals surface area contributed by atoms with Crippen LogP contribution in [0.15, 0.2) is 30.5 Å². The van der Waals surface area contributed by atoms with E-state index in [2.05, 4.69) is 15.6 Å². The summed E-state index contributed by atoms with van der Waals surface area (Å²) in [6.45, 7) is -0.0856. The molecule has 21 heavy (non-hydrogen) atoms. The predicted molar refractivity (Wildman–Crippen MR) is 68.0 cm³/mol. The molecule has 0 unspecified atom stereocenters. The van der Waals surface area contributed by atoms with Crippen LogP contribution in [0.25, 0.3) is 0 Å². The minimum Gasteiger partial charge on any atom is -0.325 e. The van der Waals surface area contributed by atoms with Crippen molar-refractivity contribution in [1.82, 2.24) is 15.0 Å². The second kappa shape index (κ2) is 5.92. The molecule has 6 nitrogen and oxygen atoms in total. The van der Waals surface area contributed by atoms with E-state index in [1.54, 1.807) is 0 Å². The van der Waals surface area contributed by atoms with Crippen molar-refractivity contribution < 1.29 is 18.0 Å². The summed E-state index contributed by atoms with van der Waals surface area (Å²) in [5.41, 5.74) is 4.63.